The highest BCUT2D eigenvalue weighted by Gasteiger charge is 2.26. The molecule has 82 valence electrons. The fraction of sp³-hybridized carbons (Fsp3) is 0.545. The summed E-state index contributed by atoms with van der Waals surface area (Å²) in [4.78, 5) is 11.8. The molecule has 1 aliphatic rings. The largest absolute Gasteiger partial charge is 0.347 e. The molecule has 1 aromatic heterocycles. The molecule has 1 heterocycles. The van der Waals surface area contributed by atoms with Gasteiger partial charge in [0.15, 0.2) is 0 Å². The zero-order chi connectivity index (χ0) is 10.8. The molecule has 0 bridgehead atoms. The predicted molar refractivity (Wildman–Crippen MR) is 58.7 cm³/mol. The average Bonchev–Trinajstić information content (AvgIpc) is 2.95. The van der Waals surface area contributed by atoms with E-state index in [0.29, 0.717) is 12.6 Å². The molecule has 4 nitrogen and oxygen atoms in total. The van der Waals surface area contributed by atoms with Gasteiger partial charge in [-0.15, -0.1) is 0 Å². The first-order valence-electron chi connectivity index (χ1n) is 5.40. The van der Waals surface area contributed by atoms with Gasteiger partial charge in [-0.2, -0.15) is 0 Å². The molecule has 4 heteroatoms. The van der Waals surface area contributed by atoms with E-state index in [1.54, 1.807) is 0 Å². The Morgan fingerprint density at radius 1 is 1.73 bits per heavy atom. The fourth-order valence-corrected chi connectivity index (χ4v) is 1.61. The van der Waals surface area contributed by atoms with E-state index in [-0.39, 0.29) is 11.9 Å². The highest BCUT2D eigenvalue weighted by molar-refractivity contribution is 5.93. The lowest BCUT2D eigenvalue weighted by Gasteiger charge is -2.12. The number of hydrogen-bond donors (Lipinski definition) is 2. The van der Waals surface area contributed by atoms with Crippen LogP contribution in [0.5, 0.6) is 0 Å². The molecule has 1 amide bonds. The molecule has 0 unspecified atom stereocenters. The number of nitrogens with two attached hydrogens (primary N) is 1. The van der Waals surface area contributed by atoms with E-state index < -0.39 is 0 Å². The van der Waals surface area contributed by atoms with Crippen LogP contribution in [0.2, 0.25) is 0 Å². The number of amides is 1. The van der Waals surface area contributed by atoms with Crippen LogP contribution in [0.1, 0.15) is 36.3 Å². The van der Waals surface area contributed by atoms with Gasteiger partial charge in [0, 0.05) is 24.8 Å². The van der Waals surface area contributed by atoms with Crippen molar-refractivity contribution in [3.05, 3.63) is 24.0 Å². The summed E-state index contributed by atoms with van der Waals surface area (Å²) in [5.74, 6) is -0.0233. The van der Waals surface area contributed by atoms with E-state index in [9.17, 15) is 4.79 Å². The zero-order valence-corrected chi connectivity index (χ0v) is 8.94. The van der Waals surface area contributed by atoms with Crippen LogP contribution in [-0.2, 0) is 0 Å². The number of carbonyl (C=O) groups excluding carboxylic acids is 1. The third-order valence-corrected chi connectivity index (χ3v) is 2.68. The summed E-state index contributed by atoms with van der Waals surface area (Å²) in [6, 6.07) is 4.34. The Morgan fingerprint density at radius 2 is 2.47 bits per heavy atom. The molecule has 2 rings (SSSR count). The number of carbonyl (C=O) groups is 1. The highest BCUT2D eigenvalue weighted by Crippen LogP contribution is 2.35. The average molecular weight is 207 g/mol. The van der Waals surface area contributed by atoms with Crippen molar-refractivity contribution in [2.24, 2.45) is 5.73 Å². The van der Waals surface area contributed by atoms with Crippen molar-refractivity contribution in [3.8, 4) is 0 Å². The molecular formula is C11H17N3O. The maximum atomic E-state index is 11.8. The van der Waals surface area contributed by atoms with Gasteiger partial charge in [0.05, 0.1) is 0 Å². The van der Waals surface area contributed by atoms with Crippen LogP contribution in [0.3, 0.4) is 0 Å². The van der Waals surface area contributed by atoms with E-state index in [4.69, 9.17) is 5.73 Å². The van der Waals surface area contributed by atoms with Gasteiger partial charge in [-0.05, 0) is 31.9 Å². The van der Waals surface area contributed by atoms with Gasteiger partial charge in [-0.3, -0.25) is 4.79 Å². The first kappa shape index (κ1) is 10.2. The van der Waals surface area contributed by atoms with Gasteiger partial charge >= 0.3 is 0 Å². The van der Waals surface area contributed by atoms with E-state index in [0.717, 1.165) is 5.69 Å². The van der Waals surface area contributed by atoms with E-state index in [1.807, 2.05) is 25.3 Å². The number of nitrogens with one attached hydrogen (secondary N) is 1. The molecule has 0 saturated heterocycles. The Morgan fingerprint density at radius 3 is 3.07 bits per heavy atom. The Balaban J connectivity index is 2.07. The minimum absolute atomic E-state index is 0.0233. The minimum Gasteiger partial charge on any atom is -0.347 e. The van der Waals surface area contributed by atoms with Crippen molar-refractivity contribution in [1.29, 1.82) is 0 Å². The summed E-state index contributed by atoms with van der Waals surface area (Å²) in [6.45, 7) is 2.37. The van der Waals surface area contributed by atoms with E-state index in [2.05, 4.69) is 9.88 Å². The maximum absolute atomic E-state index is 11.8. The van der Waals surface area contributed by atoms with E-state index in [1.165, 1.54) is 12.8 Å². The molecule has 0 radical (unpaired) electrons. The second-order valence-electron chi connectivity index (χ2n) is 4.14. The Labute approximate surface area is 89.5 Å². The van der Waals surface area contributed by atoms with Crippen molar-refractivity contribution in [2.45, 2.75) is 31.8 Å². The molecule has 0 aliphatic heterocycles. The Bertz CT molecular complexity index is 354. The van der Waals surface area contributed by atoms with Crippen molar-refractivity contribution in [2.75, 3.05) is 6.54 Å². The van der Waals surface area contributed by atoms with Crippen LogP contribution in [0, 0.1) is 0 Å². The summed E-state index contributed by atoms with van der Waals surface area (Å²) in [7, 11) is 0. The van der Waals surface area contributed by atoms with Crippen LogP contribution >= 0.6 is 0 Å². The van der Waals surface area contributed by atoms with Crippen LogP contribution in [0.15, 0.2) is 18.3 Å². The standard InChI is InChI=1S/C11H17N3O/c1-8(7-12)13-11(15)10-3-2-6-14(10)9-4-5-9/h2-3,6,8-9H,4-5,7,12H2,1H3,(H,13,15)/t8-/m1/s1. The molecule has 1 aromatic rings. The van der Waals surface area contributed by atoms with Crippen LogP contribution in [0.25, 0.3) is 0 Å². The van der Waals surface area contributed by atoms with Crippen molar-refractivity contribution >= 4 is 5.91 Å². The maximum Gasteiger partial charge on any atom is 0.268 e. The smallest absolute Gasteiger partial charge is 0.268 e. The van der Waals surface area contributed by atoms with Gasteiger partial charge in [0.2, 0.25) is 0 Å². The highest BCUT2D eigenvalue weighted by atomic mass is 16.2. The molecule has 0 aromatic carbocycles. The zero-order valence-electron chi connectivity index (χ0n) is 8.94. The molecule has 0 spiro atoms. The number of aromatic nitrogens is 1. The number of nitrogens with zero attached hydrogens (tertiary/aromatic N) is 1. The quantitative estimate of drug-likeness (QED) is 0.770. The predicted octanol–water partition coefficient (Wildman–Crippen LogP) is 0.900. The molecule has 15 heavy (non-hydrogen) atoms. The van der Waals surface area contributed by atoms with Gasteiger partial charge < -0.3 is 15.6 Å². The number of rotatable bonds is 4. The van der Waals surface area contributed by atoms with Crippen molar-refractivity contribution in [1.82, 2.24) is 9.88 Å². The molecule has 1 aliphatic carbocycles. The molecule has 3 N–H and O–H groups in total. The first-order valence-corrected chi connectivity index (χ1v) is 5.40. The molecular weight excluding hydrogens is 190 g/mol. The second-order valence-corrected chi connectivity index (χ2v) is 4.14. The topological polar surface area (TPSA) is 60.0 Å². The lowest BCUT2D eigenvalue weighted by molar-refractivity contribution is 0.0931. The number of hydrogen-bond acceptors (Lipinski definition) is 2. The molecule has 1 saturated carbocycles. The van der Waals surface area contributed by atoms with Crippen LogP contribution in [0.4, 0.5) is 0 Å². The minimum atomic E-state index is -0.0233. The summed E-state index contributed by atoms with van der Waals surface area (Å²) >= 11 is 0. The Kier molecular flexibility index (Phi) is 2.77. The summed E-state index contributed by atoms with van der Waals surface area (Å²) in [5.41, 5.74) is 6.21. The molecule has 1 atom stereocenters. The monoisotopic (exact) mass is 207 g/mol. The lowest BCUT2D eigenvalue weighted by Crippen LogP contribution is -2.38. The van der Waals surface area contributed by atoms with Crippen molar-refractivity contribution in [3.63, 3.8) is 0 Å². The van der Waals surface area contributed by atoms with Gasteiger partial charge in [0.1, 0.15) is 5.69 Å². The first-order chi connectivity index (χ1) is 7.22. The van der Waals surface area contributed by atoms with Gasteiger partial charge in [-0.1, -0.05) is 0 Å². The lowest BCUT2D eigenvalue weighted by atomic mass is 10.3. The third-order valence-electron chi connectivity index (χ3n) is 2.68. The Hall–Kier alpha value is -1.29. The van der Waals surface area contributed by atoms with Gasteiger partial charge in [0.25, 0.3) is 5.91 Å². The second kappa shape index (κ2) is 4.06. The van der Waals surface area contributed by atoms with Crippen LogP contribution in [-0.4, -0.2) is 23.1 Å². The SMILES string of the molecule is C[C@H](CN)NC(=O)c1cccn1C1CC1. The molecule has 1 fully saturated rings. The van der Waals surface area contributed by atoms with Crippen LogP contribution < -0.4 is 11.1 Å². The van der Waals surface area contributed by atoms with Gasteiger partial charge in [-0.25, -0.2) is 0 Å². The summed E-state index contributed by atoms with van der Waals surface area (Å²) in [5, 5.41) is 2.87. The van der Waals surface area contributed by atoms with E-state index >= 15 is 0 Å². The summed E-state index contributed by atoms with van der Waals surface area (Å²) in [6.07, 6.45) is 4.34. The van der Waals surface area contributed by atoms with Crippen molar-refractivity contribution < 1.29 is 4.79 Å². The normalized spacial score (nSPS) is 17.5. The third kappa shape index (κ3) is 2.21. The fourth-order valence-electron chi connectivity index (χ4n) is 1.61. The summed E-state index contributed by atoms with van der Waals surface area (Å²) < 4.78 is 2.05.